The Bertz CT molecular complexity index is 1700. The van der Waals surface area contributed by atoms with Gasteiger partial charge in [-0.3, -0.25) is 9.50 Å². The number of unbranched alkanes of at least 4 members (excludes halogenated alkanes) is 1. The molecule has 0 bridgehead atoms. The summed E-state index contributed by atoms with van der Waals surface area (Å²) in [4.78, 5) is 9.31. The zero-order valence-corrected chi connectivity index (χ0v) is 19.4. The Hall–Kier alpha value is -4.35. The Morgan fingerprint density at radius 3 is 2.69 bits per heavy atom. The van der Waals surface area contributed by atoms with E-state index in [2.05, 4.69) is 44.0 Å². The lowest BCUT2D eigenvalue weighted by Gasteiger charge is -2.07. The second-order valence-corrected chi connectivity index (χ2v) is 9.37. The molecule has 0 aliphatic rings. The quantitative estimate of drug-likeness (QED) is 0.272. The Labute approximate surface area is 204 Å². The highest BCUT2D eigenvalue weighted by Crippen LogP contribution is 2.33. The second kappa shape index (κ2) is 8.78. The molecule has 0 atom stereocenters. The van der Waals surface area contributed by atoms with Crippen molar-refractivity contribution >= 4 is 27.2 Å². The number of aromatic amines is 1. The lowest BCUT2D eigenvalue weighted by molar-refractivity contribution is 0.628. The molecule has 0 aliphatic carbocycles. The summed E-state index contributed by atoms with van der Waals surface area (Å²) >= 11 is 1.68. The topological polar surface area (TPSA) is 82.7 Å². The SMILES string of the molecule is N#CCCCc1nc2ccc(-c3cnc4ccc(-c5cn[nH]c5-c5ccc(F)cc5)cn34)cc2s1. The highest BCUT2D eigenvalue weighted by atomic mass is 32.1. The molecule has 0 radical (unpaired) electrons. The van der Waals surface area contributed by atoms with Crippen LogP contribution in [0.5, 0.6) is 0 Å². The van der Waals surface area contributed by atoms with Crippen LogP contribution in [0, 0.1) is 17.1 Å². The van der Waals surface area contributed by atoms with E-state index in [1.165, 1.54) is 12.1 Å². The number of H-pyrrole nitrogens is 1. The van der Waals surface area contributed by atoms with Gasteiger partial charge in [0.2, 0.25) is 0 Å². The summed E-state index contributed by atoms with van der Waals surface area (Å²) in [5.74, 6) is -0.272. The van der Waals surface area contributed by atoms with E-state index >= 15 is 0 Å². The molecule has 1 N–H and O–H groups in total. The third kappa shape index (κ3) is 3.96. The van der Waals surface area contributed by atoms with Gasteiger partial charge >= 0.3 is 0 Å². The Balaban J connectivity index is 1.38. The molecule has 4 aromatic heterocycles. The molecule has 0 unspecified atom stereocenters. The van der Waals surface area contributed by atoms with Crippen molar-refractivity contribution in [2.75, 3.05) is 0 Å². The van der Waals surface area contributed by atoms with Crippen molar-refractivity contribution in [2.45, 2.75) is 19.3 Å². The van der Waals surface area contributed by atoms with Crippen LogP contribution in [-0.2, 0) is 6.42 Å². The average molecular weight is 479 g/mol. The minimum atomic E-state index is -0.272. The van der Waals surface area contributed by atoms with Gasteiger partial charge in [0, 0.05) is 41.3 Å². The first kappa shape index (κ1) is 21.2. The molecule has 6 aromatic rings. The van der Waals surface area contributed by atoms with Crippen LogP contribution < -0.4 is 0 Å². The van der Waals surface area contributed by atoms with Gasteiger partial charge in [-0.05, 0) is 55.0 Å². The molecule has 0 aliphatic heterocycles. The molecule has 35 heavy (non-hydrogen) atoms. The Morgan fingerprint density at radius 1 is 1.00 bits per heavy atom. The van der Waals surface area contributed by atoms with E-state index in [1.54, 1.807) is 29.7 Å². The van der Waals surface area contributed by atoms with Gasteiger partial charge in [0.15, 0.2) is 0 Å². The first-order valence-electron chi connectivity index (χ1n) is 11.2. The second-order valence-electron chi connectivity index (χ2n) is 8.26. The summed E-state index contributed by atoms with van der Waals surface area (Å²) in [6.07, 6.45) is 7.92. The van der Waals surface area contributed by atoms with E-state index in [1.807, 2.05) is 24.4 Å². The monoisotopic (exact) mass is 478 g/mol. The van der Waals surface area contributed by atoms with E-state index < -0.39 is 0 Å². The van der Waals surface area contributed by atoms with Crippen LogP contribution in [0.2, 0.25) is 0 Å². The number of imidazole rings is 1. The molecular formula is C27H19FN6S. The van der Waals surface area contributed by atoms with Crippen LogP contribution >= 0.6 is 11.3 Å². The predicted octanol–water partition coefficient (Wildman–Crippen LogP) is 6.65. The van der Waals surface area contributed by atoms with Crippen molar-refractivity contribution in [3.05, 3.63) is 84.0 Å². The summed E-state index contributed by atoms with van der Waals surface area (Å²) in [7, 11) is 0. The molecular weight excluding hydrogens is 459 g/mol. The largest absolute Gasteiger partial charge is 0.299 e. The number of halogens is 1. The number of hydrogen-bond donors (Lipinski definition) is 1. The van der Waals surface area contributed by atoms with Gasteiger partial charge in [-0.1, -0.05) is 6.07 Å². The Kier molecular flexibility index (Phi) is 5.32. The number of fused-ring (bicyclic) bond motifs is 2. The number of nitrogens with zero attached hydrogens (tertiary/aromatic N) is 5. The van der Waals surface area contributed by atoms with Crippen molar-refractivity contribution in [3.8, 4) is 39.7 Å². The van der Waals surface area contributed by atoms with Crippen molar-refractivity contribution < 1.29 is 4.39 Å². The van der Waals surface area contributed by atoms with Crippen LogP contribution in [0.4, 0.5) is 4.39 Å². The molecule has 0 spiro atoms. The summed E-state index contributed by atoms with van der Waals surface area (Å²) in [6.45, 7) is 0. The van der Waals surface area contributed by atoms with Gasteiger partial charge in [0.25, 0.3) is 0 Å². The van der Waals surface area contributed by atoms with E-state index in [4.69, 9.17) is 10.2 Å². The number of nitrogens with one attached hydrogen (secondary N) is 1. The smallest absolute Gasteiger partial charge is 0.137 e. The highest BCUT2D eigenvalue weighted by molar-refractivity contribution is 7.18. The molecule has 0 saturated heterocycles. The van der Waals surface area contributed by atoms with Crippen LogP contribution in [0.3, 0.4) is 0 Å². The number of hydrogen-bond acceptors (Lipinski definition) is 5. The maximum atomic E-state index is 13.4. The maximum absolute atomic E-state index is 13.4. The first-order valence-corrected chi connectivity index (χ1v) is 12.0. The summed E-state index contributed by atoms with van der Waals surface area (Å²) in [5.41, 5.74) is 7.46. The molecule has 6 rings (SSSR count). The number of nitriles is 1. The zero-order valence-electron chi connectivity index (χ0n) is 18.6. The lowest BCUT2D eigenvalue weighted by Crippen LogP contribution is -1.91. The average Bonchev–Trinajstić information content (AvgIpc) is 3.61. The van der Waals surface area contributed by atoms with Crippen LogP contribution in [-0.4, -0.2) is 24.6 Å². The van der Waals surface area contributed by atoms with E-state index in [-0.39, 0.29) is 5.82 Å². The molecule has 4 heterocycles. The fourth-order valence-corrected chi connectivity index (χ4v) is 5.30. The highest BCUT2D eigenvalue weighted by Gasteiger charge is 2.14. The van der Waals surface area contributed by atoms with Gasteiger partial charge in [-0.25, -0.2) is 14.4 Å². The summed E-state index contributed by atoms with van der Waals surface area (Å²) in [5, 5.41) is 17.1. The van der Waals surface area contributed by atoms with Gasteiger partial charge in [-0.2, -0.15) is 10.4 Å². The molecule has 0 saturated carbocycles. The van der Waals surface area contributed by atoms with Gasteiger partial charge in [0.1, 0.15) is 11.5 Å². The van der Waals surface area contributed by atoms with E-state index in [0.29, 0.717) is 6.42 Å². The van der Waals surface area contributed by atoms with Gasteiger partial charge < -0.3 is 0 Å². The van der Waals surface area contributed by atoms with Gasteiger partial charge in [-0.15, -0.1) is 11.3 Å². The number of thiazole rings is 1. The number of aryl methyl sites for hydroxylation is 1. The minimum absolute atomic E-state index is 0.272. The molecule has 2 aromatic carbocycles. The van der Waals surface area contributed by atoms with Gasteiger partial charge in [0.05, 0.1) is 45.1 Å². The third-order valence-corrected chi connectivity index (χ3v) is 7.07. The number of benzene rings is 2. The molecule has 170 valence electrons. The van der Waals surface area contributed by atoms with Crippen molar-refractivity contribution in [1.29, 1.82) is 5.26 Å². The normalized spacial score (nSPS) is 11.3. The molecule has 0 amide bonds. The van der Waals surface area contributed by atoms with Crippen LogP contribution in [0.1, 0.15) is 17.8 Å². The minimum Gasteiger partial charge on any atom is -0.299 e. The van der Waals surface area contributed by atoms with Crippen molar-refractivity contribution in [1.82, 2.24) is 24.6 Å². The third-order valence-electron chi connectivity index (χ3n) is 6.00. The van der Waals surface area contributed by atoms with Crippen LogP contribution in [0.25, 0.3) is 49.5 Å². The zero-order chi connectivity index (χ0) is 23.8. The number of pyridine rings is 1. The Morgan fingerprint density at radius 2 is 1.83 bits per heavy atom. The molecule has 6 nitrogen and oxygen atoms in total. The van der Waals surface area contributed by atoms with E-state index in [0.717, 1.165) is 67.4 Å². The lowest BCUT2D eigenvalue weighted by atomic mass is 10.0. The predicted molar refractivity (Wildman–Crippen MR) is 135 cm³/mol. The fraction of sp³-hybridized carbons (Fsp3) is 0.111. The fourth-order valence-electron chi connectivity index (χ4n) is 4.25. The van der Waals surface area contributed by atoms with Crippen molar-refractivity contribution in [2.24, 2.45) is 0 Å². The van der Waals surface area contributed by atoms with Crippen molar-refractivity contribution in [3.63, 3.8) is 0 Å². The number of rotatable bonds is 6. The van der Waals surface area contributed by atoms with Crippen LogP contribution in [0.15, 0.2) is 73.2 Å². The maximum Gasteiger partial charge on any atom is 0.137 e. The molecule has 0 fully saturated rings. The first-order chi connectivity index (χ1) is 17.2. The summed E-state index contributed by atoms with van der Waals surface area (Å²) in [6, 6.07) is 18.8. The molecule has 8 heteroatoms. The summed E-state index contributed by atoms with van der Waals surface area (Å²) < 4.78 is 16.6. The number of aromatic nitrogens is 5. The standard InChI is InChI=1S/C27H19FN6S/c28-20-8-4-17(5-9-20)27-21(14-31-33-27)19-7-11-25-30-15-23(34(25)16-19)18-6-10-22-24(13-18)35-26(32-22)3-1-2-12-29/h4-11,13-16H,1-3H2,(H,31,33). The van der Waals surface area contributed by atoms with E-state index in [9.17, 15) is 4.39 Å².